The Bertz CT molecular complexity index is 567. The second kappa shape index (κ2) is 5.00. The summed E-state index contributed by atoms with van der Waals surface area (Å²) in [4.78, 5) is 13.9. The molecule has 0 spiro atoms. The standard InChI is InChI=1S/C9H10N6O2S/c1-2-7-12-13-9(14(7)10)18-8-4-3-6(5-11-8)15(16)17/h3-5H,2,10H2,1H3. The fourth-order valence-electron chi connectivity index (χ4n) is 1.25. The summed E-state index contributed by atoms with van der Waals surface area (Å²) < 4.78 is 1.38. The number of aromatic nitrogens is 4. The first-order chi connectivity index (χ1) is 8.61. The zero-order valence-corrected chi connectivity index (χ0v) is 10.3. The quantitative estimate of drug-likeness (QED) is 0.499. The minimum Gasteiger partial charge on any atom is -0.336 e. The van der Waals surface area contributed by atoms with Crippen LogP contribution in [0.25, 0.3) is 0 Å². The van der Waals surface area contributed by atoms with E-state index in [0.29, 0.717) is 22.4 Å². The molecule has 0 aliphatic rings. The van der Waals surface area contributed by atoms with E-state index in [0.717, 1.165) is 0 Å². The average Bonchev–Trinajstić information content (AvgIpc) is 2.71. The summed E-state index contributed by atoms with van der Waals surface area (Å²) in [5, 5.41) is 19.4. The van der Waals surface area contributed by atoms with Gasteiger partial charge in [0.25, 0.3) is 5.69 Å². The molecular weight excluding hydrogens is 256 g/mol. The predicted octanol–water partition coefficient (Wildman–Crippen LogP) is 1.01. The van der Waals surface area contributed by atoms with Crippen LogP contribution in [0, 0.1) is 10.1 Å². The molecule has 0 saturated heterocycles. The Labute approximate surface area is 106 Å². The molecule has 2 N–H and O–H groups in total. The third-order valence-electron chi connectivity index (χ3n) is 2.18. The highest BCUT2D eigenvalue weighted by atomic mass is 32.2. The van der Waals surface area contributed by atoms with Crippen LogP contribution in [0.15, 0.2) is 28.5 Å². The van der Waals surface area contributed by atoms with E-state index >= 15 is 0 Å². The molecular formula is C9H10N6O2S. The zero-order valence-electron chi connectivity index (χ0n) is 9.48. The van der Waals surface area contributed by atoms with Crippen molar-refractivity contribution in [2.45, 2.75) is 23.5 Å². The molecule has 2 aromatic rings. The predicted molar refractivity (Wildman–Crippen MR) is 64.6 cm³/mol. The topological polar surface area (TPSA) is 113 Å². The van der Waals surface area contributed by atoms with Crippen LogP contribution in [0.4, 0.5) is 5.69 Å². The second-order valence-corrected chi connectivity index (χ2v) is 4.32. The van der Waals surface area contributed by atoms with Gasteiger partial charge in [0.05, 0.1) is 4.92 Å². The molecule has 0 aromatic carbocycles. The highest BCUT2D eigenvalue weighted by molar-refractivity contribution is 7.99. The average molecular weight is 266 g/mol. The lowest BCUT2D eigenvalue weighted by atomic mass is 10.4. The Morgan fingerprint density at radius 3 is 2.78 bits per heavy atom. The normalized spacial score (nSPS) is 10.5. The molecule has 2 rings (SSSR count). The third kappa shape index (κ3) is 2.40. The fraction of sp³-hybridized carbons (Fsp3) is 0.222. The molecule has 2 heterocycles. The third-order valence-corrected chi connectivity index (χ3v) is 3.09. The largest absolute Gasteiger partial charge is 0.336 e. The molecule has 94 valence electrons. The van der Waals surface area contributed by atoms with Gasteiger partial charge in [-0.25, -0.2) is 9.66 Å². The first kappa shape index (κ1) is 12.3. The van der Waals surface area contributed by atoms with Gasteiger partial charge in [0.1, 0.15) is 11.2 Å². The SMILES string of the molecule is CCc1nnc(Sc2ccc([N+](=O)[O-])cn2)n1N. The molecule has 0 unspecified atom stereocenters. The summed E-state index contributed by atoms with van der Waals surface area (Å²) in [6.45, 7) is 1.92. The van der Waals surface area contributed by atoms with Crippen LogP contribution in [0.2, 0.25) is 0 Å². The minimum atomic E-state index is -0.498. The number of pyridine rings is 1. The number of hydrogen-bond acceptors (Lipinski definition) is 7. The van der Waals surface area contributed by atoms with Crippen molar-refractivity contribution in [2.24, 2.45) is 0 Å². The van der Waals surface area contributed by atoms with Gasteiger partial charge in [0.15, 0.2) is 5.82 Å². The maximum atomic E-state index is 10.5. The van der Waals surface area contributed by atoms with Gasteiger partial charge in [0, 0.05) is 12.5 Å². The van der Waals surface area contributed by atoms with Crippen molar-refractivity contribution < 1.29 is 4.92 Å². The highest BCUT2D eigenvalue weighted by Crippen LogP contribution is 2.24. The van der Waals surface area contributed by atoms with Gasteiger partial charge in [-0.05, 0) is 17.8 Å². The highest BCUT2D eigenvalue weighted by Gasteiger charge is 2.11. The Morgan fingerprint density at radius 1 is 1.50 bits per heavy atom. The van der Waals surface area contributed by atoms with E-state index in [-0.39, 0.29) is 5.69 Å². The lowest BCUT2D eigenvalue weighted by Crippen LogP contribution is -2.13. The number of nitrogens with two attached hydrogens (primary N) is 1. The molecule has 18 heavy (non-hydrogen) atoms. The van der Waals surface area contributed by atoms with Crippen molar-refractivity contribution in [2.75, 3.05) is 5.84 Å². The van der Waals surface area contributed by atoms with E-state index in [1.165, 1.54) is 28.7 Å². The van der Waals surface area contributed by atoms with Gasteiger partial charge in [-0.1, -0.05) is 6.92 Å². The van der Waals surface area contributed by atoms with Gasteiger partial charge in [-0.15, -0.1) is 10.2 Å². The van der Waals surface area contributed by atoms with Crippen LogP contribution in [0.1, 0.15) is 12.7 Å². The number of hydrogen-bond donors (Lipinski definition) is 1. The molecule has 9 heteroatoms. The van der Waals surface area contributed by atoms with Crippen LogP contribution in [-0.2, 0) is 6.42 Å². The number of nitrogens with zero attached hydrogens (tertiary/aromatic N) is 5. The van der Waals surface area contributed by atoms with Crippen molar-refractivity contribution in [3.05, 3.63) is 34.3 Å². The molecule has 0 fully saturated rings. The van der Waals surface area contributed by atoms with Gasteiger partial charge in [-0.2, -0.15) is 0 Å². The van der Waals surface area contributed by atoms with E-state index in [1.54, 1.807) is 6.07 Å². The van der Waals surface area contributed by atoms with Crippen molar-refractivity contribution in [3.63, 3.8) is 0 Å². The van der Waals surface area contributed by atoms with E-state index in [9.17, 15) is 10.1 Å². The van der Waals surface area contributed by atoms with Crippen LogP contribution in [-0.4, -0.2) is 24.8 Å². The van der Waals surface area contributed by atoms with Crippen LogP contribution < -0.4 is 5.84 Å². The van der Waals surface area contributed by atoms with Crippen molar-refractivity contribution in [1.29, 1.82) is 0 Å². The Balaban J connectivity index is 2.18. The molecule has 0 amide bonds. The molecule has 0 aliphatic heterocycles. The summed E-state index contributed by atoms with van der Waals surface area (Å²) in [5.74, 6) is 6.44. The molecule has 0 bridgehead atoms. The Morgan fingerprint density at radius 2 is 2.28 bits per heavy atom. The lowest BCUT2D eigenvalue weighted by Gasteiger charge is -2.01. The van der Waals surface area contributed by atoms with Gasteiger partial charge >= 0.3 is 0 Å². The van der Waals surface area contributed by atoms with E-state index in [4.69, 9.17) is 5.84 Å². The van der Waals surface area contributed by atoms with Crippen LogP contribution >= 0.6 is 11.8 Å². The number of nitrogen functional groups attached to an aromatic ring is 1. The summed E-state index contributed by atoms with van der Waals surface area (Å²) in [6, 6.07) is 2.93. The maximum absolute atomic E-state index is 10.5. The maximum Gasteiger partial charge on any atom is 0.287 e. The van der Waals surface area contributed by atoms with Gasteiger partial charge in [0.2, 0.25) is 5.16 Å². The number of nitro groups is 1. The smallest absolute Gasteiger partial charge is 0.287 e. The molecule has 0 saturated carbocycles. The summed E-state index contributed by atoms with van der Waals surface area (Å²) in [6.07, 6.45) is 1.87. The van der Waals surface area contributed by atoms with Crippen molar-refractivity contribution in [3.8, 4) is 0 Å². The second-order valence-electron chi connectivity index (χ2n) is 3.34. The summed E-state index contributed by atoms with van der Waals surface area (Å²) in [7, 11) is 0. The monoisotopic (exact) mass is 266 g/mol. The zero-order chi connectivity index (χ0) is 13.1. The lowest BCUT2D eigenvalue weighted by molar-refractivity contribution is -0.385. The van der Waals surface area contributed by atoms with Gasteiger partial charge in [-0.3, -0.25) is 10.1 Å². The van der Waals surface area contributed by atoms with Gasteiger partial charge < -0.3 is 5.84 Å². The summed E-state index contributed by atoms with van der Waals surface area (Å²) in [5.41, 5.74) is -0.0530. The van der Waals surface area contributed by atoms with Crippen LogP contribution in [0.3, 0.4) is 0 Å². The van der Waals surface area contributed by atoms with E-state index < -0.39 is 4.92 Å². The Kier molecular flexibility index (Phi) is 3.42. The summed E-state index contributed by atoms with van der Waals surface area (Å²) >= 11 is 1.20. The molecule has 0 radical (unpaired) electrons. The number of aryl methyl sites for hydroxylation is 1. The number of rotatable bonds is 4. The molecule has 0 aliphatic carbocycles. The van der Waals surface area contributed by atoms with E-state index in [2.05, 4.69) is 15.2 Å². The van der Waals surface area contributed by atoms with Crippen molar-refractivity contribution >= 4 is 17.4 Å². The first-order valence-electron chi connectivity index (χ1n) is 5.09. The first-order valence-corrected chi connectivity index (χ1v) is 5.91. The molecule has 8 nitrogen and oxygen atoms in total. The molecule has 0 atom stereocenters. The van der Waals surface area contributed by atoms with Crippen molar-refractivity contribution in [1.82, 2.24) is 19.9 Å². The Hall–Kier alpha value is -2.16. The molecule has 2 aromatic heterocycles. The minimum absolute atomic E-state index is 0.0530. The fourth-order valence-corrected chi connectivity index (χ4v) is 1.97. The van der Waals surface area contributed by atoms with Crippen LogP contribution in [0.5, 0.6) is 0 Å². The van der Waals surface area contributed by atoms with E-state index in [1.807, 2.05) is 6.92 Å².